The maximum atomic E-state index is 12.1. The molecule has 2 aromatic rings. The molecule has 110 valence electrons. The second-order valence-corrected chi connectivity index (χ2v) is 4.87. The minimum atomic E-state index is -1.27. The van der Waals surface area contributed by atoms with Crippen molar-refractivity contribution >= 4 is 17.4 Å². The number of rotatable bonds is 6. The van der Waals surface area contributed by atoms with Crippen LogP contribution in [0.25, 0.3) is 0 Å². The van der Waals surface area contributed by atoms with Gasteiger partial charge in [0.1, 0.15) is 0 Å². The molecule has 22 heavy (non-hydrogen) atoms. The SMILES string of the molecule is N#C[C@H](C(=O)CCc1ccccc1)C(=O)Nc1ccccc1. The first-order valence-corrected chi connectivity index (χ1v) is 7.03. The summed E-state index contributed by atoms with van der Waals surface area (Å²) in [5.74, 6) is -2.21. The molecule has 4 nitrogen and oxygen atoms in total. The third-order valence-corrected chi connectivity index (χ3v) is 3.26. The smallest absolute Gasteiger partial charge is 0.249 e. The van der Waals surface area contributed by atoms with E-state index in [0.717, 1.165) is 5.56 Å². The van der Waals surface area contributed by atoms with Gasteiger partial charge in [0.15, 0.2) is 11.7 Å². The van der Waals surface area contributed by atoms with E-state index in [9.17, 15) is 9.59 Å². The van der Waals surface area contributed by atoms with Crippen molar-refractivity contribution in [3.05, 3.63) is 66.2 Å². The lowest BCUT2D eigenvalue weighted by Crippen LogP contribution is -2.28. The molecule has 0 saturated heterocycles. The number of nitriles is 1. The molecular weight excluding hydrogens is 276 g/mol. The van der Waals surface area contributed by atoms with Gasteiger partial charge >= 0.3 is 0 Å². The molecule has 1 amide bonds. The molecule has 0 saturated carbocycles. The number of para-hydroxylation sites is 1. The topological polar surface area (TPSA) is 70.0 Å². The molecule has 2 rings (SSSR count). The zero-order valence-electron chi connectivity index (χ0n) is 12.0. The van der Waals surface area contributed by atoms with Gasteiger partial charge in [0.05, 0.1) is 6.07 Å². The van der Waals surface area contributed by atoms with E-state index in [1.165, 1.54) is 0 Å². The third-order valence-electron chi connectivity index (χ3n) is 3.26. The Morgan fingerprint density at radius 3 is 2.18 bits per heavy atom. The van der Waals surface area contributed by atoms with Gasteiger partial charge in [0.2, 0.25) is 5.91 Å². The van der Waals surface area contributed by atoms with Gasteiger partial charge in [-0.05, 0) is 24.1 Å². The molecule has 0 unspecified atom stereocenters. The lowest BCUT2D eigenvalue weighted by Gasteiger charge is -2.09. The fourth-order valence-electron chi connectivity index (χ4n) is 2.07. The van der Waals surface area contributed by atoms with Gasteiger partial charge < -0.3 is 5.32 Å². The number of nitrogens with zero attached hydrogens (tertiary/aromatic N) is 1. The summed E-state index contributed by atoms with van der Waals surface area (Å²) in [7, 11) is 0. The third kappa shape index (κ3) is 4.29. The average molecular weight is 292 g/mol. The van der Waals surface area contributed by atoms with Gasteiger partial charge in [-0.25, -0.2) is 0 Å². The predicted octanol–water partition coefficient (Wildman–Crippen LogP) is 2.97. The zero-order chi connectivity index (χ0) is 15.8. The van der Waals surface area contributed by atoms with Crippen LogP contribution in [0.4, 0.5) is 5.69 Å². The van der Waals surface area contributed by atoms with Crippen LogP contribution in [0.3, 0.4) is 0 Å². The molecule has 0 radical (unpaired) electrons. The number of hydrogen-bond acceptors (Lipinski definition) is 3. The first-order chi connectivity index (χ1) is 10.7. The lowest BCUT2D eigenvalue weighted by atomic mass is 9.98. The van der Waals surface area contributed by atoms with Crippen molar-refractivity contribution in [1.82, 2.24) is 0 Å². The first-order valence-electron chi connectivity index (χ1n) is 7.03. The number of amides is 1. The summed E-state index contributed by atoms with van der Waals surface area (Å²) >= 11 is 0. The summed E-state index contributed by atoms with van der Waals surface area (Å²) in [4.78, 5) is 24.1. The van der Waals surface area contributed by atoms with Crippen LogP contribution in [0.2, 0.25) is 0 Å². The minimum absolute atomic E-state index is 0.171. The van der Waals surface area contributed by atoms with Crippen LogP contribution in [-0.2, 0) is 16.0 Å². The van der Waals surface area contributed by atoms with E-state index < -0.39 is 11.8 Å². The van der Waals surface area contributed by atoms with Gasteiger partial charge in [-0.3, -0.25) is 9.59 Å². The number of Topliss-reactive ketones (excluding diaryl/α,β-unsaturated/α-hetero) is 1. The monoisotopic (exact) mass is 292 g/mol. The number of aryl methyl sites for hydroxylation is 1. The molecule has 4 heteroatoms. The highest BCUT2D eigenvalue weighted by Gasteiger charge is 2.25. The van der Waals surface area contributed by atoms with Gasteiger partial charge in [0, 0.05) is 12.1 Å². The zero-order valence-corrected chi connectivity index (χ0v) is 12.0. The van der Waals surface area contributed by atoms with Gasteiger partial charge in [-0.1, -0.05) is 48.5 Å². The highest BCUT2D eigenvalue weighted by Crippen LogP contribution is 2.11. The van der Waals surface area contributed by atoms with Gasteiger partial charge in [-0.15, -0.1) is 0 Å². The van der Waals surface area contributed by atoms with Crippen LogP contribution in [0.15, 0.2) is 60.7 Å². The Balaban J connectivity index is 1.94. The van der Waals surface area contributed by atoms with Crippen molar-refractivity contribution in [2.24, 2.45) is 5.92 Å². The van der Waals surface area contributed by atoms with Crippen LogP contribution in [0.5, 0.6) is 0 Å². The summed E-state index contributed by atoms with van der Waals surface area (Å²) in [5, 5.41) is 11.7. The molecule has 0 aliphatic heterocycles. The van der Waals surface area contributed by atoms with E-state index in [1.54, 1.807) is 30.3 Å². The molecule has 1 N–H and O–H groups in total. The summed E-state index contributed by atoms with van der Waals surface area (Å²) < 4.78 is 0. The van der Waals surface area contributed by atoms with Crippen LogP contribution in [-0.4, -0.2) is 11.7 Å². The molecule has 0 aliphatic carbocycles. The largest absolute Gasteiger partial charge is 0.325 e. The van der Waals surface area contributed by atoms with E-state index >= 15 is 0 Å². The highest BCUT2D eigenvalue weighted by molar-refractivity contribution is 6.09. The Kier molecular flexibility index (Phi) is 5.44. The Labute approximate surface area is 129 Å². The number of carbonyl (C=O) groups excluding carboxylic acids is 2. The molecule has 0 heterocycles. The predicted molar refractivity (Wildman–Crippen MR) is 83.9 cm³/mol. The normalized spacial score (nSPS) is 11.2. The summed E-state index contributed by atoms with van der Waals surface area (Å²) in [5.41, 5.74) is 1.58. The Bertz CT molecular complexity index is 675. The van der Waals surface area contributed by atoms with Crippen LogP contribution in [0, 0.1) is 17.2 Å². The molecule has 0 bridgehead atoms. The fourth-order valence-corrected chi connectivity index (χ4v) is 2.07. The number of carbonyl (C=O) groups is 2. The number of anilines is 1. The molecule has 0 aliphatic rings. The average Bonchev–Trinajstić information content (AvgIpc) is 2.55. The van der Waals surface area contributed by atoms with E-state index in [0.29, 0.717) is 12.1 Å². The van der Waals surface area contributed by atoms with Gasteiger partial charge in [-0.2, -0.15) is 5.26 Å². The van der Waals surface area contributed by atoms with Crippen LogP contribution >= 0.6 is 0 Å². The second-order valence-electron chi connectivity index (χ2n) is 4.87. The lowest BCUT2D eigenvalue weighted by molar-refractivity contribution is -0.128. The van der Waals surface area contributed by atoms with Crippen molar-refractivity contribution in [3.8, 4) is 6.07 Å². The van der Waals surface area contributed by atoms with Crippen LogP contribution in [0.1, 0.15) is 12.0 Å². The van der Waals surface area contributed by atoms with Crippen molar-refractivity contribution in [3.63, 3.8) is 0 Å². The summed E-state index contributed by atoms with van der Waals surface area (Å²) in [6.07, 6.45) is 0.695. The standard InChI is InChI=1S/C18H16N2O2/c19-13-16(18(22)20-15-9-5-2-6-10-15)17(21)12-11-14-7-3-1-4-8-14/h1-10,16H,11-12H2,(H,20,22)/t16-/m1/s1. The Morgan fingerprint density at radius 2 is 1.59 bits per heavy atom. The number of ketones is 1. The van der Waals surface area contributed by atoms with Crippen molar-refractivity contribution < 1.29 is 9.59 Å². The number of hydrogen-bond donors (Lipinski definition) is 1. The van der Waals surface area contributed by atoms with Crippen molar-refractivity contribution in [2.45, 2.75) is 12.8 Å². The molecule has 0 fully saturated rings. The van der Waals surface area contributed by atoms with E-state index in [4.69, 9.17) is 5.26 Å². The minimum Gasteiger partial charge on any atom is -0.325 e. The van der Waals surface area contributed by atoms with Crippen LogP contribution < -0.4 is 5.32 Å². The Hall–Kier alpha value is -2.93. The van der Waals surface area contributed by atoms with E-state index in [1.807, 2.05) is 36.4 Å². The van der Waals surface area contributed by atoms with Crippen molar-refractivity contribution in [2.75, 3.05) is 5.32 Å². The van der Waals surface area contributed by atoms with Gasteiger partial charge in [0.25, 0.3) is 0 Å². The maximum Gasteiger partial charge on any atom is 0.249 e. The molecular formula is C18H16N2O2. The fraction of sp³-hybridized carbons (Fsp3) is 0.167. The Morgan fingerprint density at radius 1 is 1.00 bits per heavy atom. The summed E-state index contributed by atoms with van der Waals surface area (Å²) in [6.45, 7) is 0. The quantitative estimate of drug-likeness (QED) is 0.832. The highest BCUT2D eigenvalue weighted by atomic mass is 16.2. The second kappa shape index (κ2) is 7.75. The van der Waals surface area contributed by atoms with Crippen molar-refractivity contribution in [1.29, 1.82) is 5.26 Å². The molecule has 0 spiro atoms. The molecule has 0 aromatic heterocycles. The molecule has 2 aromatic carbocycles. The maximum absolute atomic E-state index is 12.1. The van der Waals surface area contributed by atoms with E-state index in [2.05, 4.69) is 5.32 Å². The van der Waals surface area contributed by atoms with E-state index in [-0.39, 0.29) is 12.2 Å². The molecule has 1 atom stereocenters. The number of benzene rings is 2. The first kappa shape index (κ1) is 15.5. The summed E-state index contributed by atoms with van der Waals surface area (Å²) in [6, 6.07) is 20.1. The number of nitrogens with one attached hydrogen (secondary N) is 1.